The molecular weight excluding hydrogens is 817 g/mol. The highest BCUT2D eigenvalue weighted by atomic mass is 16.5. The summed E-state index contributed by atoms with van der Waals surface area (Å²) < 4.78 is 15.8. The van der Waals surface area contributed by atoms with Gasteiger partial charge in [0.2, 0.25) is 0 Å². The van der Waals surface area contributed by atoms with Crippen molar-refractivity contribution in [3.8, 4) is 0 Å². The number of aliphatic hydroxyl groups is 11. The summed E-state index contributed by atoms with van der Waals surface area (Å²) in [5, 5.41) is 107. The zero-order valence-corrected chi connectivity index (χ0v) is 36.3. The van der Waals surface area contributed by atoms with Crippen molar-refractivity contribution in [2.75, 3.05) is 19.8 Å². The molecule has 3 heterocycles. The van der Waals surface area contributed by atoms with Gasteiger partial charge in [-0.25, -0.2) is 0 Å². The van der Waals surface area contributed by atoms with Crippen LogP contribution in [-0.4, -0.2) is 167 Å². The number of aliphatic hydroxyl groups excluding tert-OH is 11. The number of rotatable bonds is 14. The molecule has 15 heteroatoms. The van der Waals surface area contributed by atoms with Crippen molar-refractivity contribution in [2.45, 2.75) is 151 Å². The molecule has 0 radical (unpaired) electrons. The molecule has 63 heavy (non-hydrogen) atoms. The summed E-state index contributed by atoms with van der Waals surface area (Å²) >= 11 is 0. The van der Waals surface area contributed by atoms with Crippen LogP contribution < -0.4 is 0 Å². The maximum atomic E-state index is 11.9. The predicted molar refractivity (Wildman–Crippen MR) is 233 cm³/mol. The lowest BCUT2D eigenvalue weighted by Crippen LogP contribution is -2.53. The molecule has 3 saturated heterocycles. The average Bonchev–Trinajstić information content (AvgIpc) is 3.26. The summed E-state index contributed by atoms with van der Waals surface area (Å²) in [5.74, 6) is -0.203. The van der Waals surface area contributed by atoms with Gasteiger partial charge in [-0.15, -0.1) is 0 Å². The molecule has 3 aliphatic heterocycles. The average molecular weight is 885 g/mol. The molecule has 3 fully saturated rings. The number of ketones is 1. The van der Waals surface area contributed by atoms with E-state index in [1.807, 2.05) is 93.6 Å². The third-order valence-corrected chi connectivity index (χ3v) is 11.9. The van der Waals surface area contributed by atoms with Crippen molar-refractivity contribution in [3.63, 3.8) is 0 Å². The summed E-state index contributed by atoms with van der Waals surface area (Å²) in [4.78, 5) is 11.9. The van der Waals surface area contributed by atoms with Gasteiger partial charge in [-0.1, -0.05) is 78.9 Å². The van der Waals surface area contributed by atoms with Crippen molar-refractivity contribution >= 4 is 11.9 Å². The van der Waals surface area contributed by atoms with Gasteiger partial charge in [0.1, 0.15) is 54.9 Å². The lowest BCUT2D eigenvalue weighted by molar-refractivity contribution is -0.193. The van der Waals surface area contributed by atoms with E-state index in [0.717, 1.165) is 24.0 Å². The Hall–Kier alpha value is -3.49. The fourth-order valence-electron chi connectivity index (χ4n) is 7.62. The number of ether oxygens (including phenoxy) is 3. The van der Waals surface area contributed by atoms with Crippen LogP contribution in [0, 0.1) is 20.8 Å². The van der Waals surface area contributed by atoms with Crippen molar-refractivity contribution in [1.82, 2.24) is 0 Å². The molecule has 3 aromatic rings. The van der Waals surface area contributed by atoms with Gasteiger partial charge in [0, 0.05) is 19.3 Å². The third kappa shape index (κ3) is 16.2. The Bertz CT molecular complexity index is 1760. The van der Waals surface area contributed by atoms with Gasteiger partial charge in [-0.2, -0.15) is 0 Å². The van der Waals surface area contributed by atoms with Gasteiger partial charge in [0.15, 0.2) is 5.78 Å². The first-order chi connectivity index (χ1) is 30.0. The van der Waals surface area contributed by atoms with Crippen LogP contribution in [0.15, 0.2) is 78.9 Å². The molecule has 15 nitrogen and oxygen atoms in total. The third-order valence-electron chi connectivity index (χ3n) is 11.9. The molecule has 0 aliphatic carbocycles. The molecule has 0 aromatic heterocycles. The second kappa shape index (κ2) is 25.9. The van der Waals surface area contributed by atoms with Crippen LogP contribution in [0.3, 0.4) is 0 Å². The second-order valence-electron chi connectivity index (χ2n) is 16.8. The maximum Gasteiger partial charge on any atom is 0.158 e. The minimum Gasteiger partial charge on any atom is -0.393 e. The van der Waals surface area contributed by atoms with Gasteiger partial charge in [-0.3, -0.25) is 4.79 Å². The molecule has 14 atom stereocenters. The van der Waals surface area contributed by atoms with Crippen molar-refractivity contribution in [1.29, 1.82) is 0 Å². The highest BCUT2D eigenvalue weighted by Gasteiger charge is 2.40. The molecule has 3 aromatic carbocycles. The summed E-state index contributed by atoms with van der Waals surface area (Å²) in [5.41, 5.74) is 6.78. The van der Waals surface area contributed by atoms with Crippen LogP contribution in [0.25, 0.3) is 6.08 Å². The maximum absolute atomic E-state index is 11.9. The first-order valence-corrected chi connectivity index (χ1v) is 21.7. The van der Waals surface area contributed by atoms with E-state index < -0.39 is 85.5 Å². The Morgan fingerprint density at radius 3 is 1.32 bits per heavy atom. The molecule has 11 N–H and O–H groups in total. The Kier molecular flexibility index (Phi) is 21.4. The molecule has 350 valence electrons. The lowest BCUT2D eigenvalue weighted by atomic mass is 9.93. The van der Waals surface area contributed by atoms with Crippen LogP contribution in [0.5, 0.6) is 0 Å². The molecule has 3 aliphatic rings. The summed E-state index contributed by atoms with van der Waals surface area (Å²) in [7, 11) is 0. The molecular formula is C48H68O15. The molecule has 0 spiro atoms. The van der Waals surface area contributed by atoms with E-state index in [-0.39, 0.29) is 44.9 Å². The standard InChI is InChI=1S/2C16H24O5.C16H20O5/c3*1-10-4-2-3-5-11(10)6-7-12(17)8-14-16(20)15(19)13(18)9-21-14/h2*2-5,12-20H,6-9H2,1H3;2-7,13-16,18-20H,8-9H2,1H3/b;;7-6+/t12-,13+,14-,15-,16-;12-,13-,14+,15+,16+;13-,14+,15+,16+/m011/s1. The number of benzene rings is 3. The fraction of sp³-hybridized carbons (Fsp3) is 0.562. The second-order valence-corrected chi connectivity index (χ2v) is 16.8. The van der Waals surface area contributed by atoms with E-state index in [4.69, 9.17) is 14.2 Å². The first kappa shape index (κ1) is 52.1. The van der Waals surface area contributed by atoms with Gasteiger partial charge < -0.3 is 70.4 Å². The number of allylic oxidation sites excluding steroid dienone is 1. The largest absolute Gasteiger partial charge is 0.393 e. The predicted octanol–water partition coefficient (Wildman–Crippen LogP) is 0.769. The van der Waals surface area contributed by atoms with Crippen LogP contribution in [0.1, 0.15) is 65.5 Å². The number of carbonyl (C=O) groups is 1. The fourth-order valence-corrected chi connectivity index (χ4v) is 7.62. The van der Waals surface area contributed by atoms with E-state index in [0.29, 0.717) is 12.8 Å². The number of aryl methyl sites for hydroxylation is 5. The molecule has 0 unspecified atom stereocenters. The summed E-state index contributed by atoms with van der Waals surface area (Å²) in [6.07, 6.45) is -7.62. The molecule has 0 saturated carbocycles. The smallest absolute Gasteiger partial charge is 0.158 e. The topological polar surface area (TPSA) is 267 Å². The van der Waals surface area contributed by atoms with Crippen LogP contribution >= 0.6 is 0 Å². The van der Waals surface area contributed by atoms with Gasteiger partial charge in [0.25, 0.3) is 0 Å². The van der Waals surface area contributed by atoms with Crippen molar-refractivity contribution < 1.29 is 75.2 Å². The van der Waals surface area contributed by atoms with Gasteiger partial charge in [-0.05, 0) is 85.9 Å². The zero-order chi connectivity index (χ0) is 46.2. The van der Waals surface area contributed by atoms with Crippen LogP contribution in [-0.2, 0) is 31.8 Å². The van der Waals surface area contributed by atoms with Gasteiger partial charge in [0.05, 0.1) is 50.3 Å². The number of hydrogen-bond acceptors (Lipinski definition) is 15. The van der Waals surface area contributed by atoms with E-state index in [9.17, 15) is 61.0 Å². The monoisotopic (exact) mass is 884 g/mol. The zero-order valence-electron chi connectivity index (χ0n) is 36.3. The summed E-state index contributed by atoms with van der Waals surface area (Å²) in [6, 6.07) is 23.7. The van der Waals surface area contributed by atoms with Crippen molar-refractivity contribution in [2.24, 2.45) is 0 Å². The lowest BCUT2D eigenvalue weighted by Gasteiger charge is -2.36. The number of hydrogen-bond donors (Lipinski definition) is 11. The minimum absolute atomic E-state index is 0.0204. The number of carbonyl (C=O) groups excluding carboxylic acids is 1. The van der Waals surface area contributed by atoms with E-state index in [2.05, 4.69) is 0 Å². The van der Waals surface area contributed by atoms with E-state index in [1.54, 1.807) is 6.08 Å². The molecule has 6 rings (SSSR count). The minimum atomic E-state index is -1.28. The van der Waals surface area contributed by atoms with Crippen molar-refractivity contribution in [3.05, 3.63) is 112 Å². The Labute approximate surface area is 369 Å². The Morgan fingerprint density at radius 2 is 0.905 bits per heavy atom. The SMILES string of the molecule is Cc1ccccc1/C=C/C(=O)C[C@@H]1OC[C@@H](O)[C@H](O)[C@H]1O.Cc1ccccc1CC[C@@H](O)C[C@@H]1OC[C@@H](O)[C@H](O)[C@H]1O.Cc1ccccc1CC[C@H](O)C[C@@H]1OC[C@@H](O)[C@H](O)[C@H]1O. The highest BCUT2D eigenvalue weighted by Crippen LogP contribution is 2.24. The first-order valence-electron chi connectivity index (χ1n) is 21.7. The Morgan fingerprint density at radius 1 is 0.540 bits per heavy atom. The summed E-state index contributed by atoms with van der Waals surface area (Å²) in [6.45, 7) is 5.90. The van der Waals surface area contributed by atoms with Crippen LogP contribution in [0.2, 0.25) is 0 Å². The van der Waals surface area contributed by atoms with Crippen LogP contribution in [0.4, 0.5) is 0 Å². The molecule has 0 bridgehead atoms. The normalized spacial score (nSPS) is 30.6. The van der Waals surface area contributed by atoms with E-state index in [1.165, 1.54) is 28.3 Å². The Balaban J connectivity index is 0.000000207. The molecule has 0 amide bonds. The highest BCUT2D eigenvalue weighted by molar-refractivity contribution is 5.94. The van der Waals surface area contributed by atoms with Gasteiger partial charge >= 0.3 is 0 Å². The quantitative estimate of drug-likeness (QED) is 0.1000. The van der Waals surface area contributed by atoms with E-state index >= 15 is 0 Å².